The summed E-state index contributed by atoms with van der Waals surface area (Å²) in [7, 11) is 0. The zero-order valence-electron chi connectivity index (χ0n) is 11.9. The number of anilines is 1. The van der Waals surface area contributed by atoms with E-state index in [1.54, 1.807) is 18.3 Å². The summed E-state index contributed by atoms with van der Waals surface area (Å²) in [5.41, 5.74) is 1.99. The van der Waals surface area contributed by atoms with E-state index in [9.17, 15) is 4.39 Å². The Bertz CT molecular complexity index is 648. The van der Waals surface area contributed by atoms with E-state index in [0.717, 1.165) is 30.8 Å². The summed E-state index contributed by atoms with van der Waals surface area (Å²) in [6, 6.07) is 9.07. The first-order chi connectivity index (χ1) is 10.6. The Morgan fingerprint density at radius 1 is 1.27 bits per heavy atom. The maximum absolute atomic E-state index is 12.9. The standard InChI is InChI=1S/C16H16Cl2FN3/c17-12-2-1-11(15(18)7-12)8-20-13-5-6-22(10-13)14-3-4-16(19)21-9-14/h1-4,7,9,13,20H,5-6,8,10H2/t13-/m0/s1. The number of nitrogens with zero attached hydrogens (tertiary/aromatic N) is 2. The number of aromatic nitrogens is 1. The lowest BCUT2D eigenvalue weighted by atomic mass is 10.2. The average Bonchev–Trinajstić information content (AvgIpc) is 2.96. The first-order valence-corrected chi connectivity index (χ1v) is 7.91. The quantitative estimate of drug-likeness (QED) is 0.856. The Hall–Kier alpha value is -1.36. The van der Waals surface area contributed by atoms with Crippen molar-refractivity contribution in [1.29, 1.82) is 0 Å². The van der Waals surface area contributed by atoms with Gasteiger partial charge >= 0.3 is 0 Å². The molecule has 116 valence electrons. The molecule has 1 fully saturated rings. The van der Waals surface area contributed by atoms with Gasteiger partial charge in [-0.05, 0) is 36.2 Å². The Morgan fingerprint density at radius 3 is 2.86 bits per heavy atom. The van der Waals surface area contributed by atoms with Crippen LogP contribution in [0.25, 0.3) is 0 Å². The predicted molar refractivity (Wildman–Crippen MR) is 88.1 cm³/mol. The van der Waals surface area contributed by atoms with E-state index in [0.29, 0.717) is 22.6 Å². The molecular formula is C16H16Cl2FN3. The van der Waals surface area contributed by atoms with Crippen LogP contribution in [0.1, 0.15) is 12.0 Å². The lowest BCUT2D eigenvalue weighted by molar-refractivity contribution is 0.551. The van der Waals surface area contributed by atoms with Gasteiger partial charge in [0.2, 0.25) is 5.95 Å². The third-order valence-corrected chi connectivity index (χ3v) is 4.45. The highest BCUT2D eigenvalue weighted by atomic mass is 35.5. The van der Waals surface area contributed by atoms with E-state index in [4.69, 9.17) is 23.2 Å². The molecule has 0 amide bonds. The van der Waals surface area contributed by atoms with Gasteiger partial charge in [0.15, 0.2) is 0 Å². The molecule has 1 aromatic heterocycles. The zero-order valence-corrected chi connectivity index (χ0v) is 13.4. The zero-order chi connectivity index (χ0) is 15.5. The van der Waals surface area contributed by atoms with Gasteiger partial charge in [0.05, 0.1) is 11.9 Å². The van der Waals surface area contributed by atoms with Crippen LogP contribution in [0.5, 0.6) is 0 Å². The predicted octanol–water partition coefficient (Wildman–Crippen LogP) is 3.90. The monoisotopic (exact) mass is 339 g/mol. The van der Waals surface area contributed by atoms with Crippen LogP contribution in [0.2, 0.25) is 10.0 Å². The Kier molecular flexibility index (Phi) is 4.81. The van der Waals surface area contributed by atoms with Gasteiger partial charge in [-0.1, -0.05) is 29.3 Å². The molecular weight excluding hydrogens is 324 g/mol. The summed E-state index contributed by atoms with van der Waals surface area (Å²) >= 11 is 12.1. The van der Waals surface area contributed by atoms with E-state index >= 15 is 0 Å². The Morgan fingerprint density at radius 2 is 2.14 bits per heavy atom. The van der Waals surface area contributed by atoms with Crippen molar-refractivity contribution in [1.82, 2.24) is 10.3 Å². The van der Waals surface area contributed by atoms with Crippen molar-refractivity contribution in [2.75, 3.05) is 18.0 Å². The largest absolute Gasteiger partial charge is 0.369 e. The van der Waals surface area contributed by atoms with Crippen LogP contribution in [0.3, 0.4) is 0 Å². The van der Waals surface area contributed by atoms with E-state index in [1.807, 2.05) is 12.1 Å². The molecule has 1 N–H and O–H groups in total. The highest BCUT2D eigenvalue weighted by Crippen LogP contribution is 2.22. The molecule has 2 heterocycles. The molecule has 22 heavy (non-hydrogen) atoms. The summed E-state index contributed by atoms with van der Waals surface area (Å²) in [5, 5.41) is 4.83. The van der Waals surface area contributed by atoms with Gasteiger partial charge in [-0.15, -0.1) is 0 Å². The molecule has 0 spiro atoms. The smallest absolute Gasteiger partial charge is 0.212 e. The van der Waals surface area contributed by atoms with Gasteiger partial charge in [-0.2, -0.15) is 4.39 Å². The SMILES string of the molecule is Fc1ccc(N2CC[C@H](NCc3ccc(Cl)cc3Cl)C2)cn1. The Balaban J connectivity index is 1.56. The number of rotatable bonds is 4. The maximum Gasteiger partial charge on any atom is 0.212 e. The van der Waals surface area contributed by atoms with Crippen molar-refractivity contribution in [3.63, 3.8) is 0 Å². The van der Waals surface area contributed by atoms with E-state index in [1.165, 1.54) is 6.07 Å². The fraction of sp³-hybridized carbons (Fsp3) is 0.312. The van der Waals surface area contributed by atoms with Crippen LogP contribution in [-0.2, 0) is 6.54 Å². The highest BCUT2D eigenvalue weighted by molar-refractivity contribution is 6.35. The number of hydrogen-bond acceptors (Lipinski definition) is 3. The fourth-order valence-corrected chi connectivity index (χ4v) is 3.11. The van der Waals surface area contributed by atoms with Gasteiger partial charge in [0.25, 0.3) is 0 Å². The first kappa shape index (κ1) is 15.5. The third kappa shape index (κ3) is 3.69. The molecule has 0 unspecified atom stereocenters. The molecule has 1 atom stereocenters. The molecule has 3 rings (SSSR count). The van der Waals surface area contributed by atoms with Crippen LogP contribution in [0.15, 0.2) is 36.5 Å². The molecule has 1 aliphatic rings. The Labute approximate surface area is 139 Å². The second-order valence-electron chi connectivity index (χ2n) is 5.39. The van der Waals surface area contributed by atoms with E-state index in [-0.39, 0.29) is 0 Å². The summed E-state index contributed by atoms with van der Waals surface area (Å²) in [5.74, 6) is -0.449. The number of benzene rings is 1. The highest BCUT2D eigenvalue weighted by Gasteiger charge is 2.22. The minimum absolute atomic E-state index is 0.372. The number of halogens is 3. The number of pyridine rings is 1. The molecule has 0 radical (unpaired) electrons. The van der Waals surface area contributed by atoms with Crippen LogP contribution in [0.4, 0.5) is 10.1 Å². The summed E-state index contributed by atoms with van der Waals surface area (Å²) in [6.45, 7) is 2.51. The molecule has 1 saturated heterocycles. The van der Waals surface area contributed by atoms with E-state index in [2.05, 4.69) is 15.2 Å². The topological polar surface area (TPSA) is 28.2 Å². The van der Waals surface area contributed by atoms with Crippen molar-refractivity contribution in [2.24, 2.45) is 0 Å². The van der Waals surface area contributed by atoms with Crippen LogP contribution >= 0.6 is 23.2 Å². The van der Waals surface area contributed by atoms with Crippen LogP contribution < -0.4 is 10.2 Å². The molecule has 1 aromatic carbocycles. The maximum atomic E-state index is 12.9. The summed E-state index contributed by atoms with van der Waals surface area (Å²) < 4.78 is 12.9. The molecule has 6 heteroatoms. The van der Waals surface area contributed by atoms with Crippen molar-refractivity contribution in [3.8, 4) is 0 Å². The minimum Gasteiger partial charge on any atom is -0.369 e. The molecule has 0 aliphatic carbocycles. The number of hydrogen-bond donors (Lipinski definition) is 1. The van der Waals surface area contributed by atoms with Crippen molar-refractivity contribution < 1.29 is 4.39 Å². The lowest BCUT2D eigenvalue weighted by Gasteiger charge is -2.18. The molecule has 0 bridgehead atoms. The summed E-state index contributed by atoms with van der Waals surface area (Å²) in [6.07, 6.45) is 2.61. The lowest BCUT2D eigenvalue weighted by Crippen LogP contribution is -2.32. The fourth-order valence-electron chi connectivity index (χ4n) is 2.64. The van der Waals surface area contributed by atoms with Gasteiger partial charge in [0, 0.05) is 35.7 Å². The summed E-state index contributed by atoms with van der Waals surface area (Å²) in [4.78, 5) is 5.91. The van der Waals surface area contributed by atoms with Crippen LogP contribution in [0, 0.1) is 5.95 Å². The van der Waals surface area contributed by atoms with Gasteiger partial charge in [0.1, 0.15) is 0 Å². The van der Waals surface area contributed by atoms with Crippen molar-refractivity contribution >= 4 is 28.9 Å². The third-order valence-electron chi connectivity index (χ3n) is 3.86. The van der Waals surface area contributed by atoms with Crippen LogP contribution in [-0.4, -0.2) is 24.1 Å². The van der Waals surface area contributed by atoms with Crippen molar-refractivity contribution in [2.45, 2.75) is 19.0 Å². The molecule has 2 aromatic rings. The average molecular weight is 340 g/mol. The first-order valence-electron chi connectivity index (χ1n) is 7.15. The second-order valence-corrected chi connectivity index (χ2v) is 6.23. The minimum atomic E-state index is -0.449. The normalized spacial score (nSPS) is 18.0. The van der Waals surface area contributed by atoms with E-state index < -0.39 is 5.95 Å². The van der Waals surface area contributed by atoms with Gasteiger partial charge in [-0.25, -0.2) is 4.98 Å². The second kappa shape index (κ2) is 6.82. The van der Waals surface area contributed by atoms with Gasteiger partial charge < -0.3 is 10.2 Å². The van der Waals surface area contributed by atoms with Crippen molar-refractivity contribution in [3.05, 3.63) is 58.1 Å². The molecule has 0 saturated carbocycles. The molecule has 1 aliphatic heterocycles. The number of nitrogens with one attached hydrogen (secondary N) is 1. The molecule has 3 nitrogen and oxygen atoms in total. The van der Waals surface area contributed by atoms with Gasteiger partial charge in [-0.3, -0.25) is 0 Å².